The van der Waals surface area contributed by atoms with Gasteiger partial charge in [0.05, 0.1) is 35.5 Å². The van der Waals surface area contributed by atoms with E-state index < -0.39 is 11.7 Å². The number of alkyl halides is 1. The molecule has 3 aromatic rings. The van der Waals surface area contributed by atoms with Gasteiger partial charge in [0.1, 0.15) is 5.82 Å². The van der Waals surface area contributed by atoms with Crippen LogP contribution in [-0.4, -0.2) is 101 Å². The highest BCUT2D eigenvalue weighted by Gasteiger charge is 2.46. The number of rotatable bonds is 8. The maximum Gasteiger partial charge on any atom is 0.318 e. The zero-order chi connectivity index (χ0) is 30.4. The first-order valence-corrected chi connectivity index (χ1v) is 16.8. The number of halogens is 2. The van der Waals surface area contributed by atoms with E-state index in [-0.39, 0.29) is 0 Å². The minimum absolute atomic E-state index is 0.347. The number of amides is 1. The van der Waals surface area contributed by atoms with Crippen LogP contribution in [-0.2, 0) is 22.5 Å². The van der Waals surface area contributed by atoms with Crippen molar-refractivity contribution in [2.45, 2.75) is 42.4 Å². The van der Waals surface area contributed by atoms with E-state index in [4.69, 9.17) is 19.4 Å². The number of ether oxygens (including phenoxy) is 2. The van der Waals surface area contributed by atoms with Crippen molar-refractivity contribution in [3.05, 3.63) is 65.6 Å². The molecule has 0 spiro atoms. The largest absolute Gasteiger partial charge is 0.463 e. The van der Waals surface area contributed by atoms with Crippen molar-refractivity contribution in [2.24, 2.45) is 0 Å². The smallest absolute Gasteiger partial charge is 0.318 e. The Balaban J connectivity index is 1.11. The Morgan fingerprint density at radius 3 is 2.64 bits per heavy atom. The number of hydrogen-bond donors (Lipinski definition) is 0. The lowest BCUT2D eigenvalue weighted by Gasteiger charge is -2.38. The Morgan fingerprint density at radius 1 is 1.11 bits per heavy atom. The Kier molecular flexibility index (Phi) is 8.36. The molecular formula is C33H38FIN6O3. The summed E-state index contributed by atoms with van der Waals surface area (Å²) in [5, 5.41) is 2.50. The average Bonchev–Trinajstić information content (AvgIpc) is 3.55. The van der Waals surface area contributed by atoms with E-state index in [1.54, 1.807) is 0 Å². The van der Waals surface area contributed by atoms with Crippen LogP contribution in [0.25, 0.3) is 10.8 Å². The highest BCUT2D eigenvalue weighted by Crippen LogP contribution is 2.36. The Morgan fingerprint density at radius 2 is 1.91 bits per heavy atom. The van der Waals surface area contributed by atoms with Gasteiger partial charge in [-0.2, -0.15) is 9.97 Å². The third kappa shape index (κ3) is 5.62. The third-order valence-electron chi connectivity index (χ3n) is 9.46. The van der Waals surface area contributed by atoms with Gasteiger partial charge in [-0.15, -0.1) is 0 Å². The van der Waals surface area contributed by atoms with Crippen LogP contribution < -0.4 is 14.5 Å². The van der Waals surface area contributed by atoms with Crippen LogP contribution in [0.3, 0.4) is 0 Å². The minimum atomic E-state index is -0.916. The van der Waals surface area contributed by atoms with Crippen LogP contribution >= 0.6 is 22.6 Å². The van der Waals surface area contributed by atoms with Crippen LogP contribution in [0.5, 0.6) is 6.01 Å². The molecule has 0 radical (unpaired) electrons. The first-order valence-electron chi connectivity index (χ1n) is 15.5. The van der Waals surface area contributed by atoms with Gasteiger partial charge in [0.2, 0.25) is 0 Å². The number of benzene rings is 2. The summed E-state index contributed by atoms with van der Waals surface area (Å²) in [6.45, 7) is 12.1. The zero-order valence-electron chi connectivity index (χ0n) is 25.1. The quantitative estimate of drug-likeness (QED) is 0.148. The maximum atomic E-state index is 13.5. The van der Waals surface area contributed by atoms with Gasteiger partial charge in [-0.3, -0.25) is 9.69 Å². The number of hydrogen-bond acceptors (Lipinski definition) is 8. The molecule has 11 heteroatoms. The lowest BCUT2D eigenvalue weighted by atomic mass is 9.99. The second kappa shape index (κ2) is 12.4. The fourth-order valence-corrected chi connectivity index (χ4v) is 8.25. The molecule has 3 fully saturated rings. The molecule has 0 N–H and O–H groups in total. The Hall–Kier alpha value is -3.03. The van der Waals surface area contributed by atoms with E-state index in [0.717, 1.165) is 56.2 Å². The molecule has 3 saturated heterocycles. The molecule has 3 atom stereocenters. The van der Waals surface area contributed by atoms with E-state index in [0.29, 0.717) is 61.4 Å². The number of likely N-dealkylation sites (tertiary alicyclic amines) is 1. The predicted molar refractivity (Wildman–Crippen MR) is 178 cm³/mol. The monoisotopic (exact) mass is 712 g/mol. The fourth-order valence-electron chi connectivity index (χ4n) is 7.15. The van der Waals surface area contributed by atoms with Gasteiger partial charge >= 0.3 is 6.01 Å². The number of carbonyl (C=O) groups is 1. The van der Waals surface area contributed by atoms with Gasteiger partial charge in [-0.25, -0.2) is 4.39 Å². The van der Waals surface area contributed by atoms with Gasteiger partial charge in [-0.1, -0.05) is 59.5 Å². The molecule has 4 aliphatic heterocycles. The minimum Gasteiger partial charge on any atom is -0.463 e. The molecule has 44 heavy (non-hydrogen) atoms. The predicted octanol–water partition coefficient (Wildman–Crippen LogP) is 4.29. The number of morpholine rings is 1. The highest BCUT2D eigenvalue weighted by molar-refractivity contribution is 14.1. The summed E-state index contributed by atoms with van der Waals surface area (Å²) in [4.78, 5) is 30.7. The molecule has 0 saturated carbocycles. The summed E-state index contributed by atoms with van der Waals surface area (Å²) in [5.41, 5.74) is 4.57. The number of aryl methyl sites for hydroxylation is 1. The van der Waals surface area contributed by atoms with Gasteiger partial charge in [0, 0.05) is 68.5 Å². The average molecular weight is 713 g/mol. The number of fused-ring (bicyclic) bond motifs is 4. The summed E-state index contributed by atoms with van der Waals surface area (Å²) in [7, 11) is 0. The molecule has 5 heterocycles. The van der Waals surface area contributed by atoms with Crippen LogP contribution in [0.4, 0.5) is 15.9 Å². The maximum absolute atomic E-state index is 13.5. The van der Waals surface area contributed by atoms with Crippen molar-refractivity contribution in [2.75, 3.05) is 68.8 Å². The molecule has 1 aromatic heterocycles. The second-order valence-corrected chi connectivity index (χ2v) is 13.6. The van der Waals surface area contributed by atoms with E-state index in [1.807, 2.05) is 0 Å². The van der Waals surface area contributed by atoms with Gasteiger partial charge in [0.15, 0.2) is 5.83 Å². The van der Waals surface area contributed by atoms with Crippen molar-refractivity contribution in [3.63, 3.8) is 0 Å². The van der Waals surface area contributed by atoms with Crippen molar-refractivity contribution < 1.29 is 18.7 Å². The number of piperazine rings is 1. The van der Waals surface area contributed by atoms with Crippen molar-refractivity contribution >= 4 is 50.8 Å². The van der Waals surface area contributed by atoms with Gasteiger partial charge in [-0.05, 0) is 36.8 Å². The molecule has 2 bridgehead atoms. The first-order chi connectivity index (χ1) is 21.4. The Bertz CT molecular complexity index is 1580. The van der Waals surface area contributed by atoms with E-state index in [9.17, 15) is 9.18 Å². The van der Waals surface area contributed by atoms with Crippen LogP contribution in [0.2, 0.25) is 0 Å². The SMILES string of the molecule is C=C(F)C(=O)N1CCN(c2nc(OCCCN3C[C@H]4OC[C@@H]3[C@H]4I)nc3c2CCN(c2cccc4cccc(C)c24)C3)CC1. The van der Waals surface area contributed by atoms with E-state index in [2.05, 4.69) is 87.2 Å². The molecule has 0 unspecified atom stereocenters. The van der Waals surface area contributed by atoms with Crippen LogP contribution in [0, 0.1) is 6.92 Å². The van der Waals surface area contributed by atoms with E-state index in [1.165, 1.54) is 26.9 Å². The topological polar surface area (TPSA) is 74.3 Å². The number of carbonyl (C=O) groups excluding carboxylic acids is 1. The highest BCUT2D eigenvalue weighted by atomic mass is 127. The molecule has 4 aliphatic rings. The number of nitrogens with zero attached hydrogens (tertiary/aromatic N) is 6. The summed E-state index contributed by atoms with van der Waals surface area (Å²) in [6.07, 6.45) is 2.03. The fraction of sp³-hybridized carbons (Fsp3) is 0.485. The lowest BCUT2D eigenvalue weighted by Crippen LogP contribution is -2.49. The van der Waals surface area contributed by atoms with Crippen molar-refractivity contribution in [1.82, 2.24) is 19.8 Å². The second-order valence-electron chi connectivity index (χ2n) is 12.1. The van der Waals surface area contributed by atoms with Crippen LogP contribution in [0.15, 0.2) is 48.8 Å². The van der Waals surface area contributed by atoms with Gasteiger partial charge in [0.25, 0.3) is 5.91 Å². The zero-order valence-corrected chi connectivity index (χ0v) is 27.2. The summed E-state index contributed by atoms with van der Waals surface area (Å²) < 4.78 is 26.2. The summed E-state index contributed by atoms with van der Waals surface area (Å²) in [6, 6.07) is 13.8. The molecule has 2 aromatic carbocycles. The molecule has 232 valence electrons. The lowest BCUT2D eigenvalue weighted by molar-refractivity contribution is -0.128. The van der Waals surface area contributed by atoms with Gasteiger partial charge < -0.3 is 24.2 Å². The molecule has 0 aliphatic carbocycles. The standard InChI is InChI=1S/C33H38FIN6O3/c1-21-6-3-7-23-8-4-9-26(29(21)23)41-12-10-24-25(18-41)36-33(43-17-5-11-40-19-28-30(35)27(40)20-44-28)37-31(24)38-13-15-39(16-14-38)32(42)22(2)34/h3-4,6-9,27-28,30H,2,5,10-20H2,1H3/t27-,28-,30-/m1/s1. The Labute approximate surface area is 271 Å². The van der Waals surface area contributed by atoms with Crippen LogP contribution in [0.1, 0.15) is 23.2 Å². The third-order valence-corrected chi connectivity index (χ3v) is 11.1. The number of anilines is 2. The van der Waals surface area contributed by atoms with Crippen molar-refractivity contribution in [1.29, 1.82) is 0 Å². The summed E-state index contributed by atoms with van der Waals surface area (Å²) in [5.74, 6) is -0.682. The summed E-state index contributed by atoms with van der Waals surface area (Å²) >= 11 is 2.53. The van der Waals surface area contributed by atoms with E-state index >= 15 is 0 Å². The molecule has 7 rings (SSSR count). The first kappa shape index (κ1) is 29.7. The molecule has 1 amide bonds. The van der Waals surface area contributed by atoms with Crippen molar-refractivity contribution in [3.8, 4) is 6.01 Å². The number of aromatic nitrogens is 2. The normalized spacial score (nSPS) is 23.3. The molecule has 9 nitrogen and oxygen atoms in total. The molecular weight excluding hydrogens is 674 g/mol.